The number of nitrogen functional groups attached to an aromatic ring is 1. The standard InChI is InChI=1S/C13H16N4/c1-10(11-5-3-2-4-6-11)16-12-7-8-13(17-14)15-9-12/h2-10,16H,14H2,1H3,(H,15,17). The molecule has 1 atom stereocenters. The normalized spacial score (nSPS) is 11.9. The van der Waals surface area contributed by atoms with Crippen LogP contribution >= 0.6 is 0 Å². The van der Waals surface area contributed by atoms with Crippen molar-refractivity contribution >= 4 is 11.5 Å². The molecule has 0 radical (unpaired) electrons. The van der Waals surface area contributed by atoms with Gasteiger partial charge >= 0.3 is 0 Å². The first-order valence-electron chi connectivity index (χ1n) is 5.54. The SMILES string of the molecule is CC(Nc1ccc(NN)nc1)c1ccccc1. The summed E-state index contributed by atoms with van der Waals surface area (Å²) < 4.78 is 0. The second-order valence-electron chi connectivity index (χ2n) is 3.85. The molecule has 0 saturated heterocycles. The maximum absolute atomic E-state index is 5.26. The van der Waals surface area contributed by atoms with Gasteiger partial charge in [0, 0.05) is 6.04 Å². The van der Waals surface area contributed by atoms with Crippen LogP contribution in [-0.2, 0) is 0 Å². The minimum absolute atomic E-state index is 0.245. The van der Waals surface area contributed by atoms with Gasteiger partial charge in [0.05, 0.1) is 11.9 Å². The van der Waals surface area contributed by atoms with Crippen molar-refractivity contribution in [1.82, 2.24) is 4.98 Å². The van der Waals surface area contributed by atoms with E-state index in [-0.39, 0.29) is 6.04 Å². The number of nitrogens with one attached hydrogen (secondary N) is 2. The molecule has 0 bridgehead atoms. The van der Waals surface area contributed by atoms with Crippen LogP contribution in [0.25, 0.3) is 0 Å². The lowest BCUT2D eigenvalue weighted by atomic mass is 10.1. The molecule has 0 saturated carbocycles. The first-order chi connectivity index (χ1) is 8.29. The topological polar surface area (TPSA) is 63.0 Å². The van der Waals surface area contributed by atoms with Crippen LogP contribution in [0.3, 0.4) is 0 Å². The number of hydrogen-bond donors (Lipinski definition) is 3. The van der Waals surface area contributed by atoms with Crippen LogP contribution in [-0.4, -0.2) is 4.98 Å². The van der Waals surface area contributed by atoms with E-state index in [9.17, 15) is 0 Å². The Morgan fingerprint density at radius 1 is 1.12 bits per heavy atom. The molecule has 0 amide bonds. The molecule has 1 unspecified atom stereocenters. The number of nitrogens with zero attached hydrogens (tertiary/aromatic N) is 1. The molecule has 1 aromatic carbocycles. The molecule has 1 aromatic heterocycles. The summed E-state index contributed by atoms with van der Waals surface area (Å²) in [5.41, 5.74) is 4.72. The summed E-state index contributed by atoms with van der Waals surface area (Å²) in [7, 11) is 0. The predicted octanol–water partition coefficient (Wildman–Crippen LogP) is 2.54. The Morgan fingerprint density at radius 2 is 1.88 bits per heavy atom. The molecular formula is C13H16N4. The van der Waals surface area contributed by atoms with Gasteiger partial charge in [0.1, 0.15) is 5.82 Å². The van der Waals surface area contributed by atoms with Gasteiger partial charge in [-0.15, -0.1) is 0 Å². The highest BCUT2D eigenvalue weighted by molar-refractivity contribution is 5.48. The van der Waals surface area contributed by atoms with Crippen molar-refractivity contribution in [1.29, 1.82) is 0 Å². The Balaban J connectivity index is 2.05. The summed E-state index contributed by atoms with van der Waals surface area (Å²) in [5, 5.41) is 3.38. The van der Waals surface area contributed by atoms with Crippen LogP contribution in [0, 0.1) is 0 Å². The van der Waals surface area contributed by atoms with E-state index in [1.807, 2.05) is 30.3 Å². The lowest BCUT2D eigenvalue weighted by Crippen LogP contribution is -2.09. The van der Waals surface area contributed by atoms with Crippen molar-refractivity contribution in [2.75, 3.05) is 10.7 Å². The molecule has 0 aliphatic carbocycles. The largest absolute Gasteiger partial charge is 0.377 e. The summed E-state index contributed by atoms with van der Waals surface area (Å²) in [6, 6.07) is 14.3. The molecule has 0 aliphatic heterocycles. The molecule has 2 aromatic rings. The van der Waals surface area contributed by atoms with Crippen molar-refractivity contribution in [3.63, 3.8) is 0 Å². The lowest BCUT2D eigenvalue weighted by Gasteiger charge is -2.15. The molecule has 0 fully saturated rings. The number of rotatable bonds is 4. The molecule has 0 spiro atoms. The van der Waals surface area contributed by atoms with E-state index in [1.165, 1.54) is 5.56 Å². The second-order valence-corrected chi connectivity index (χ2v) is 3.85. The first kappa shape index (κ1) is 11.4. The summed E-state index contributed by atoms with van der Waals surface area (Å²) in [4.78, 5) is 4.15. The van der Waals surface area contributed by atoms with E-state index >= 15 is 0 Å². The molecule has 17 heavy (non-hydrogen) atoms. The van der Waals surface area contributed by atoms with Crippen LogP contribution < -0.4 is 16.6 Å². The Bertz CT molecular complexity index is 453. The van der Waals surface area contributed by atoms with Crippen molar-refractivity contribution in [3.8, 4) is 0 Å². The number of anilines is 2. The van der Waals surface area contributed by atoms with Gasteiger partial charge < -0.3 is 10.7 Å². The third-order valence-corrected chi connectivity index (χ3v) is 2.59. The maximum Gasteiger partial charge on any atom is 0.140 e. The van der Waals surface area contributed by atoms with E-state index in [4.69, 9.17) is 5.84 Å². The Kier molecular flexibility index (Phi) is 3.57. The van der Waals surface area contributed by atoms with E-state index in [2.05, 4.69) is 34.8 Å². The number of nitrogens with two attached hydrogens (primary N) is 1. The fourth-order valence-corrected chi connectivity index (χ4v) is 1.64. The average molecular weight is 228 g/mol. The zero-order valence-electron chi connectivity index (χ0n) is 9.72. The zero-order chi connectivity index (χ0) is 12.1. The van der Waals surface area contributed by atoms with Crippen molar-refractivity contribution in [2.24, 2.45) is 5.84 Å². The third kappa shape index (κ3) is 2.95. The summed E-state index contributed by atoms with van der Waals surface area (Å²) >= 11 is 0. The summed E-state index contributed by atoms with van der Waals surface area (Å²) in [6.45, 7) is 2.12. The molecule has 88 valence electrons. The van der Waals surface area contributed by atoms with Crippen molar-refractivity contribution in [3.05, 3.63) is 54.2 Å². The fraction of sp³-hybridized carbons (Fsp3) is 0.154. The number of aromatic nitrogens is 1. The van der Waals surface area contributed by atoms with Gasteiger partial charge in [-0.3, -0.25) is 0 Å². The minimum atomic E-state index is 0.245. The van der Waals surface area contributed by atoms with Gasteiger partial charge in [-0.05, 0) is 24.6 Å². The van der Waals surface area contributed by atoms with Gasteiger partial charge in [0.15, 0.2) is 0 Å². The van der Waals surface area contributed by atoms with E-state index in [0.29, 0.717) is 5.82 Å². The van der Waals surface area contributed by atoms with Crippen LogP contribution in [0.1, 0.15) is 18.5 Å². The van der Waals surface area contributed by atoms with Gasteiger partial charge in [-0.25, -0.2) is 10.8 Å². The predicted molar refractivity (Wildman–Crippen MR) is 70.5 cm³/mol. The number of pyridine rings is 1. The molecule has 0 aliphatic rings. The van der Waals surface area contributed by atoms with Gasteiger partial charge in [-0.1, -0.05) is 30.3 Å². The lowest BCUT2D eigenvalue weighted by molar-refractivity contribution is 0.883. The molecule has 4 nitrogen and oxygen atoms in total. The third-order valence-electron chi connectivity index (χ3n) is 2.59. The molecule has 2 rings (SSSR count). The summed E-state index contributed by atoms with van der Waals surface area (Å²) in [6.07, 6.45) is 1.76. The van der Waals surface area contributed by atoms with Crippen molar-refractivity contribution in [2.45, 2.75) is 13.0 Å². The number of hydrogen-bond acceptors (Lipinski definition) is 4. The van der Waals surface area contributed by atoms with E-state index in [1.54, 1.807) is 6.20 Å². The van der Waals surface area contributed by atoms with Crippen LogP contribution in [0.2, 0.25) is 0 Å². The van der Waals surface area contributed by atoms with Gasteiger partial charge in [-0.2, -0.15) is 0 Å². The van der Waals surface area contributed by atoms with Crippen LogP contribution in [0.15, 0.2) is 48.7 Å². The van der Waals surface area contributed by atoms with Crippen LogP contribution in [0.5, 0.6) is 0 Å². The van der Waals surface area contributed by atoms with E-state index in [0.717, 1.165) is 5.69 Å². The monoisotopic (exact) mass is 228 g/mol. The highest BCUT2D eigenvalue weighted by atomic mass is 15.2. The Morgan fingerprint density at radius 3 is 2.47 bits per heavy atom. The quantitative estimate of drug-likeness (QED) is 0.556. The maximum atomic E-state index is 5.26. The van der Waals surface area contributed by atoms with Crippen LogP contribution in [0.4, 0.5) is 11.5 Å². The second kappa shape index (κ2) is 5.32. The molecule has 4 N–H and O–H groups in total. The average Bonchev–Trinajstić information content (AvgIpc) is 2.40. The number of benzene rings is 1. The van der Waals surface area contributed by atoms with Gasteiger partial charge in [0.25, 0.3) is 0 Å². The zero-order valence-corrected chi connectivity index (χ0v) is 9.72. The molecular weight excluding hydrogens is 212 g/mol. The molecule has 1 heterocycles. The molecule has 4 heteroatoms. The fourth-order valence-electron chi connectivity index (χ4n) is 1.64. The van der Waals surface area contributed by atoms with Gasteiger partial charge in [0.2, 0.25) is 0 Å². The minimum Gasteiger partial charge on any atom is -0.377 e. The van der Waals surface area contributed by atoms with Crippen molar-refractivity contribution < 1.29 is 0 Å². The smallest absolute Gasteiger partial charge is 0.140 e. The Hall–Kier alpha value is -2.07. The highest BCUT2D eigenvalue weighted by Crippen LogP contribution is 2.18. The Labute approximate surface area is 101 Å². The summed E-state index contributed by atoms with van der Waals surface area (Å²) in [5.74, 6) is 5.91. The number of hydrazine groups is 1. The highest BCUT2D eigenvalue weighted by Gasteiger charge is 2.04. The van der Waals surface area contributed by atoms with E-state index < -0.39 is 0 Å². The first-order valence-corrected chi connectivity index (χ1v) is 5.54.